The van der Waals surface area contributed by atoms with E-state index >= 15 is 0 Å². The number of hydrogen-bond acceptors (Lipinski definition) is 3. The van der Waals surface area contributed by atoms with Crippen LogP contribution in [0.5, 0.6) is 0 Å². The van der Waals surface area contributed by atoms with Gasteiger partial charge in [-0.1, -0.05) is 12.1 Å². The largest absolute Gasteiger partial charge is 0.456 e. The normalized spacial score (nSPS) is 26.3. The van der Waals surface area contributed by atoms with E-state index < -0.39 is 0 Å². The first-order valence-electron chi connectivity index (χ1n) is 4.22. The Balaban J connectivity index is 2.30. The van der Waals surface area contributed by atoms with Crippen LogP contribution in [-0.2, 0) is 9.48 Å². The second-order valence-corrected chi connectivity index (χ2v) is 4.82. The lowest BCUT2D eigenvalue weighted by Crippen LogP contribution is -2.17. The van der Waals surface area contributed by atoms with Crippen molar-refractivity contribution in [1.82, 2.24) is 0 Å². The van der Waals surface area contributed by atoms with Crippen molar-refractivity contribution in [2.75, 3.05) is 6.61 Å². The smallest absolute Gasteiger partial charge is 0.368 e. The van der Waals surface area contributed by atoms with Gasteiger partial charge in [0.15, 0.2) is 0 Å². The van der Waals surface area contributed by atoms with Gasteiger partial charge in [0.05, 0.1) is 4.75 Å². The lowest BCUT2D eigenvalue weighted by Gasteiger charge is -2.18. The molecule has 1 fully saturated rings. The molecule has 1 aromatic rings. The molecule has 1 heterocycles. The molecule has 2 nitrogen and oxygen atoms in total. The molecule has 0 radical (unpaired) electrons. The molecule has 0 amide bonds. The van der Waals surface area contributed by atoms with Crippen LogP contribution in [0.4, 0.5) is 9.18 Å². The number of benzene rings is 1. The number of halogens is 1. The summed E-state index contributed by atoms with van der Waals surface area (Å²) in [5.41, 5.74) is 0.912. The highest BCUT2D eigenvalue weighted by molar-refractivity contribution is 8.14. The van der Waals surface area contributed by atoms with Gasteiger partial charge >= 0.3 is 5.30 Å². The van der Waals surface area contributed by atoms with E-state index in [0.717, 1.165) is 17.3 Å². The first-order valence-corrected chi connectivity index (χ1v) is 5.04. The molecule has 0 aromatic heterocycles. The Hall–Kier alpha value is -1.03. The first kappa shape index (κ1) is 9.52. The quantitative estimate of drug-likeness (QED) is 0.669. The van der Waals surface area contributed by atoms with E-state index in [1.807, 2.05) is 6.92 Å². The molecule has 74 valence electrons. The highest BCUT2D eigenvalue weighted by atomic mass is 32.2. The maximum Gasteiger partial charge on any atom is 0.368 e. The first-order chi connectivity index (χ1) is 6.60. The Morgan fingerprint density at radius 1 is 1.43 bits per heavy atom. The molecule has 0 saturated carbocycles. The molecule has 14 heavy (non-hydrogen) atoms. The van der Waals surface area contributed by atoms with Crippen LogP contribution in [0, 0.1) is 5.82 Å². The molecular weight excluding hydrogens is 203 g/mol. The fourth-order valence-corrected chi connectivity index (χ4v) is 2.24. The number of ether oxygens (including phenoxy) is 1. The lowest BCUT2D eigenvalue weighted by molar-refractivity contribution is 0.175. The average molecular weight is 212 g/mol. The summed E-state index contributed by atoms with van der Waals surface area (Å²) in [6.45, 7) is 2.26. The van der Waals surface area contributed by atoms with E-state index in [-0.39, 0.29) is 15.9 Å². The third kappa shape index (κ3) is 1.62. The minimum absolute atomic E-state index is 0.267. The minimum Gasteiger partial charge on any atom is -0.456 e. The van der Waals surface area contributed by atoms with Crippen molar-refractivity contribution < 1.29 is 13.9 Å². The fraction of sp³-hybridized carbons (Fsp3) is 0.300. The Labute approximate surface area is 85.4 Å². The van der Waals surface area contributed by atoms with Crippen molar-refractivity contribution in [1.29, 1.82) is 0 Å². The van der Waals surface area contributed by atoms with Crippen LogP contribution in [0.1, 0.15) is 12.5 Å². The summed E-state index contributed by atoms with van der Waals surface area (Å²) in [5.74, 6) is -0.271. The Bertz CT molecular complexity index is 363. The molecule has 0 aliphatic carbocycles. The average Bonchev–Trinajstić information content (AvgIpc) is 2.48. The Morgan fingerprint density at radius 3 is 2.57 bits per heavy atom. The standard InChI is InChI=1S/C10H9FO2S/c1-10(6-13-9(12)14-10)7-2-4-8(11)5-3-7/h2-5H,6H2,1H3. The second kappa shape index (κ2) is 3.28. The van der Waals surface area contributed by atoms with Crippen molar-refractivity contribution in [2.45, 2.75) is 11.7 Å². The zero-order chi connectivity index (χ0) is 10.2. The van der Waals surface area contributed by atoms with E-state index in [9.17, 15) is 9.18 Å². The van der Waals surface area contributed by atoms with E-state index in [1.165, 1.54) is 12.1 Å². The van der Waals surface area contributed by atoms with Gasteiger partial charge in [-0.3, -0.25) is 0 Å². The maximum atomic E-state index is 12.7. The molecule has 4 heteroatoms. The van der Waals surface area contributed by atoms with E-state index in [0.29, 0.717) is 6.61 Å². The monoisotopic (exact) mass is 212 g/mol. The third-order valence-electron chi connectivity index (χ3n) is 2.23. The summed E-state index contributed by atoms with van der Waals surface area (Å²) >= 11 is 1.14. The summed E-state index contributed by atoms with van der Waals surface area (Å²) in [7, 11) is 0. The number of thioether (sulfide) groups is 1. The number of carbonyl (C=O) groups is 1. The molecule has 1 atom stereocenters. The molecule has 1 aliphatic heterocycles. The van der Waals surface area contributed by atoms with Gasteiger partial charge in [-0.2, -0.15) is 0 Å². The van der Waals surface area contributed by atoms with E-state index in [1.54, 1.807) is 12.1 Å². The van der Waals surface area contributed by atoms with Gasteiger partial charge in [0.2, 0.25) is 0 Å². The van der Waals surface area contributed by atoms with Crippen molar-refractivity contribution in [2.24, 2.45) is 0 Å². The molecule has 2 rings (SSSR count). The van der Waals surface area contributed by atoms with Gasteiger partial charge in [-0.05, 0) is 36.4 Å². The summed E-state index contributed by atoms with van der Waals surface area (Å²) in [6.07, 6.45) is 0. The number of carbonyl (C=O) groups excluding carboxylic acids is 1. The second-order valence-electron chi connectivity index (χ2n) is 3.38. The van der Waals surface area contributed by atoms with Crippen molar-refractivity contribution in [3.05, 3.63) is 35.6 Å². The molecule has 0 spiro atoms. The van der Waals surface area contributed by atoms with Crippen LogP contribution < -0.4 is 0 Å². The van der Waals surface area contributed by atoms with Crippen LogP contribution in [0.25, 0.3) is 0 Å². The van der Waals surface area contributed by atoms with Gasteiger partial charge < -0.3 is 4.74 Å². The number of hydrogen-bond donors (Lipinski definition) is 0. The molecule has 1 unspecified atom stereocenters. The van der Waals surface area contributed by atoms with Gasteiger partial charge in [0, 0.05) is 0 Å². The highest BCUT2D eigenvalue weighted by Gasteiger charge is 2.38. The van der Waals surface area contributed by atoms with Crippen LogP contribution in [0.15, 0.2) is 24.3 Å². The summed E-state index contributed by atoms with van der Waals surface area (Å²) in [6, 6.07) is 6.16. The van der Waals surface area contributed by atoms with E-state index in [2.05, 4.69) is 0 Å². The summed E-state index contributed by atoms with van der Waals surface area (Å²) in [5, 5.41) is -0.267. The number of rotatable bonds is 1. The molecule has 1 aliphatic rings. The van der Waals surface area contributed by atoms with Gasteiger partial charge in [0.1, 0.15) is 12.4 Å². The Kier molecular flexibility index (Phi) is 2.23. The van der Waals surface area contributed by atoms with Crippen LogP contribution in [0.3, 0.4) is 0 Å². The zero-order valence-electron chi connectivity index (χ0n) is 7.62. The minimum atomic E-state index is -0.370. The predicted molar refractivity (Wildman–Crippen MR) is 52.7 cm³/mol. The summed E-state index contributed by atoms with van der Waals surface area (Å²) in [4.78, 5) is 11.0. The summed E-state index contributed by atoms with van der Waals surface area (Å²) < 4.78 is 17.2. The van der Waals surface area contributed by atoms with Crippen LogP contribution in [0.2, 0.25) is 0 Å². The van der Waals surface area contributed by atoms with Gasteiger partial charge in [0.25, 0.3) is 0 Å². The lowest BCUT2D eigenvalue weighted by atomic mass is 10.0. The fourth-order valence-electron chi connectivity index (χ4n) is 1.38. The maximum absolute atomic E-state index is 12.7. The third-order valence-corrected chi connectivity index (χ3v) is 3.32. The highest BCUT2D eigenvalue weighted by Crippen LogP contribution is 2.42. The SMILES string of the molecule is CC1(c2ccc(F)cc2)COC(=O)S1. The van der Waals surface area contributed by atoms with E-state index in [4.69, 9.17) is 4.74 Å². The van der Waals surface area contributed by atoms with Crippen molar-refractivity contribution in [3.63, 3.8) is 0 Å². The Morgan fingerprint density at radius 2 is 2.07 bits per heavy atom. The molecule has 0 bridgehead atoms. The van der Waals surface area contributed by atoms with Crippen LogP contribution in [-0.4, -0.2) is 11.9 Å². The van der Waals surface area contributed by atoms with Gasteiger partial charge in [-0.25, -0.2) is 9.18 Å². The topological polar surface area (TPSA) is 26.3 Å². The van der Waals surface area contributed by atoms with Crippen molar-refractivity contribution >= 4 is 17.1 Å². The molecule has 1 saturated heterocycles. The van der Waals surface area contributed by atoms with Crippen LogP contribution >= 0.6 is 11.8 Å². The van der Waals surface area contributed by atoms with Crippen molar-refractivity contribution in [3.8, 4) is 0 Å². The van der Waals surface area contributed by atoms with Gasteiger partial charge in [-0.15, -0.1) is 0 Å². The zero-order valence-corrected chi connectivity index (χ0v) is 8.44. The predicted octanol–water partition coefficient (Wildman–Crippen LogP) is 2.92. The molecule has 1 aromatic carbocycles. The number of cyclic esters (lactones) is 1. The molecular formula is C10H9FO2S. The molecule has 0 N–H and O–H groups in total.